The number of aromatic nitrogens is 2. The molecule has 0 amide bonds. The lowest BCUT2D eigenvalue weighted by molar-refractivity contribution is 0.174. The van der Waals surface area contributed by atoms with Gasteiger partial charge in [0, 0.05) is 18.2 Å². The Bertz CT molecular complexity index is 1210. The fourth-order valence-electron chi connectivity index (χ4n) is 3.90. The van der Waals surface area contributed by atoms with Gasteiger partial charge in [-0.15, -0.1) is 0 Å². The molecule has 162 valence electrons. The number of nitrogens with one attached hydrogen (secondary N) is 1. The average Bonchev–Trinajstić information content (AvgIpc) is 3.47. The Morgan fingerprint density at radius 3 is 2.68 bits per heavy atom. The van der Waals surface area contributed by atoms with Crippen LogP contribution in [0.2, 0.25) is 0 Å². The first-order chi connectivity index (χ1) is 14.9. The van der Waals surface area contributed by atoms with Crippen LogP contribution < -0.4 is 14.2 Å². The molecule has 5 rings (SSSR count). The van der Waals surface area contributed by atoms with Crippen molar-refractivity contribution in [2.45, 2.75) is 30.3 Å². The molecule has 1 aromatic heterocycles. The van der Waals surface area contributed by atoms with Gasteiger partial charge < -0.3 is 14.0 Å². The Morgan fingerprint density at radius 1 is 1.10 bits per heavy atom. The van der Waals surface area contributed by atoms with Crippen LogP contribution in [0.5, 0.6) is 11.5 Å². The molecular formula is C21H22N4O5S. The summed E-state index contributed by atoms with van der Waals surface area (Å²) in [5.74, 6) is 2.23. The van der Waals surface area contributed by atoms with Gasteiger partial charge in [-0.1, -0.05) is 22.9 Å². The van der Waals surface area contributed by atoms with E-state index in [2.05, 4.69) is 14.9 Å². The minimum absolute atomic E-state index is 0.180. The minimum atomic E-state index is -3.60. The molecule has 1 saturated heterocycles. The number of rotatable bonds is 5. The van der Waals surface area contributed by atoms with Crippen LogP contribution >= 0.6 is 0 Å². The van der Waals surface area contributed by atoms with E-state index in [1.165, 1.54) is 0 Å². The molecule has 9 nitrogen and oxygen atoms in total. The van der Waals surface area contributed by atoms with Crippen molar-refractivity contribution in [3.05, 3.63) is 53.9 Å². The van der Waals surface area contributed by atoms with Crippen molar-refractivity contribution in [2.75, 3.05) is 20.4 Å². The molecule has 0 spiro atoms. The van der Waals surface area contributed by atoms with Gasteiger partial charge in [0.1, 0.15) is 0 Å². The standard InChI is InChI=1S/C21H22N4O5S/c1-13-3-6-16(7-4-13)31(26,27)24-15-10-17(25(2)11-15)21-22-20(23-30-21)14-5-8-18-19(9-14)29-12-28-18/h3-9,15,17,24H,10-12H2,1-2H3. The van der Waals surface area contributed by atoms with Crippen molar-refractivity contribution in [3.63, 3.8) is 0 Å². The molecule has 2 aromatic carbocycles. The lowest BCUT2D eigenvalue weighted by atomic mass is 10.1. The van der Waals surface area contributed by atoms with Gasteiger partial charge in [0.25, 0.3) is 0 Å². The molecule has 31 heavy (non-hydrogen) atoms. The Labute approximate surface area is 180 Å². The second kappa shape index (κ2) is 7.63. The molecule has 3 heterocycles. The highest BCUT2D eigenvalue weighted by Crippen LogP contribution is 2.36. The number of fused-ring (bicyclic) bond motifs is 1. The topological polar surface area (TPSA) is 107 Å². The summed E-state index contributed by atoms with van der Waals surface area (Å²) in [7, 11) is -1.69. The van der Waals surface area contributed by atoms with Crippen LogP contribution in [0.1, 0.15) is 23.9 Å². The SMILES string of the molecule is Cc1ccc(S(=O)(=O)NC2CC(c3nc(-c4ccc5c(c4)OCO5)no3)N(C)C2)cc1. The number of aryl methyl sites for hydroxylation is 1. The third-order valence-electron chi connectivity index (χ3n) is 5.56. The Morgan fingerprint density at radius 2 is 1.87 bits per heavy atom. The maximum absolute atomic E-state index is 12.7. The molecule has 1 N–H and O–H groups in total. The molecule has 2 atom stereocenters. The summed E-state index contributed by atoms with van der Waals surface area (Å²) in [5.41, 5.74) is 1.77. The molecule has 10 heteroatoms. The number of sulfonamides is 1. The highest BCUT2D eigenvalue weighted by molar-refractivity contribution is 7.89. The predicted molar refractivity (Wildman–Crippen MR) is 111 cm³/mol. The second-order valence-electron chi connectivity index (χ2n) is 7.85. The Balaban J connectivity index is 1.30. The first-order valence-electron chi connectivity index (χ1n) is 9.92. The normalized spacial score (nSPS) is 21.0. The molecule has 2 aliphatic rings. The zero-order chi connectivity index (χ0) is 21.6. The second-order valence-corrected chi connectivity index (χ2v) is 9.56. The quantitative estimate of drug-likeness (QED) is 0.642. The van der Waals surface area contributed by atoms with Crippen molar-refractivity contribution in [1.82, 2.24) is 19.8 Å². The monoisotopic (exact) mass is 442 g/mol. The summed E-state index contributed by atoms with van der Waals surface area (Å²) in [6, 6.07) is 11.8. The molecule has 0 saturated carbocycles. The smallest absolute Gasteiger partial charge is 0.244 e. The van der Waals surface area contributed by atoms with E-state index < -0.39 is 10.0 Å². The van der Waals surface area contributed by atoms with Gasteiger partial charge >= 0.3 is 0 Å². The first-order valence-corrected chi connectivity index (χ1v) is 11.4. The van der Waals surface area contributed by atoms with Crippen molar-refractivity contribution in [1.29, 1.82) is 0 Å². The summed E-state index contributed by atoms with van der Waals surface area (Å²) in [6.07, 6.45) is 0.532. The number of hydrogen-bond acceptors (Lipinski definition) is 8. The van der Waals surface area contributed by atoms with Crippen LogP contribution in [-0.4, -0.2) is 49.9 Å². The van der Waals surface area contributed by atoms with E-state index in [0.29, 0.717) is 36.2 Å². The summed E-state index contributed by atoms with van der Waals surface area (Å²) >= 11 is 0. The van der Waals surface area contributed by atoms with Crippen molar-refractivity contribution in [2.24, 2.45) is 0 Å². The summed E-state index contributed by atoms with van der Waals surface area (Å²) < 4.78 is 44.5. The van der Waals surface area contributed by atoms with Crippen molar-refractivity contribution >= 4 is 10.0 Å². The number of likely N-dealkylation sites (N-methyl/N-ethyl adjacent to an activating group) is 1. The lowest BCUT2D eigenvalue weighted by Crippen LogP contribution is -2.36. The molecule has 1 fully saturated rings. The van der Waals surface area contributed by atoms with E-state index in [9.17, 15) is 8.42 Å². The zero-order valence-corrected chi connectivity index (χ0v) is 17.9. The minimum Gasteiger partial charge on any atom is -0.454 e. The van der Waals surface area contributed by atoms with Crippen LogP contribution in [0.3, 0.4) is 0 Å². The van der Waals surface area contributed by atoms with Crippen LogP contribution in [0, 0.1) is 6.92 Å². The number of hydrogen-bond donors (Lipinski definition) is 1. The van der Waals surface area contributed by atoms with Crippen molar-refractivity contribution < 1.29 is 22.4 Å². The Hall–Kier alpha value is -2.95. The summed E-state index contributed by atoms with van der Waals surface area (Å²) in [6.45, 7) is 2.66. The number of benzene rings is 2. The maximum atomic E-state index is 12.7. The Kier molecular flexibility index (Phi) is 4.92. The third-order valence-corrected chi connectivity index (χ3v) is 7.10. The van der Waals surface area contributed by atoms with Crippen LogP contribution in [0.4, 0.5) is 0 Å². The number of likely N-dealkylation sites (tertiary alicyclic amines) is 1. The predicted octanol–water partition coefficient (Wildman–Crippen LogP) is 2.50. The van der Waals surface area contributed by atoms with Gasteiger partial charge in [-0.25, -0.2) is 13.1 Å². The van der Waals surface area contributed by atoms with Gasteiger partial charge in [-0.05, 0) is 50.7 Å². The third kappa shape index (κ3) is 3.89. The van der Waals surface area contributed by atoms with E-state index in [-0.39, 0.29) is 23.8 Å². The molecule has 0 aliphatic carbocycles. The molecular weight excluding hydrogens is 420 g/mol. The highest BCUT2D eigenvalue weighted by Gasteiger charge is 2.36. The van der Waals surface area contributed by atoms with Gasteiger partial charge in [-0.3, -0.25) is 4.90 Å². The van der Waals surface area contributed by atoms with Gasteiger partial charge in [0.15, 0.2) is 11.5 Å². The van der Waals surface area contributed by atoms with Crippen LogP contribution in [0.25, 0.3) is 11.4 Å². The van der Waals surface area contributed by atoms with E-state index in [1.54, 1.807) is 24.3 Å². The average molecular weight is 442 g/mol. The molecule has 2 unspecified atom stereocenters. The van der Waals surface area contributed by atoms with Gasteiger partial charge in [-0.2, -0.15) is 4.98 Å². The van der Waals surface area contributed by atoms with E-state index in [4.69, 9.17) is 14.0 Å². The lowest BCUT2D eigenvalue weighted by Gasteiger charge is -2.14. The fraction of sp³-hybridized carbons (Fsp3) is 0.333. The maximum Gasteiger partial charge on any atom is 0.244 e. The molecule has 3 aromatic rings. The van der Waals surface area contributed by atoms with Crippen molar-refractivity contribution in [3.8, 4) is 22.9 Å². The van der Waals surface area contributed by atoms with E-state index in [0.717, 1.165) is 11.1 Å². The van der Waals surface area contributed by atoms with E-state index in [1.807, 2.05) is 37.1 Å². The molecule has 2 aliphatic heterocycles. The van der Waals surface area contributed by atoms with Gasteiger partial charge in [0.2, 0.25) is 28.5 Å². The molecule has 0 bridgehead atoms. The molecule has 0 radical (unpaired) electrons. The largest absolute Gasteiger partial charge is 0.454 e. The van der Waals surface area contributed by atoms with Crippen LogP contribution in [-0.2, 0) is 10.0 Å². The fourth-order valence-corrected chi connectivity index (χ4v) is 5.14. The first kappa shape index (κ1) is 20.0. The summed E-state index contributed by atoms with van der Waals surface area (Å²) in [4.78, 5) is 6.81. The number of nitrogens with zero attached hydrogens (tertiary/aromatic N) is 3. The number of ether oxygens (including phenoxy) is 2. The highest BCUT2D eigenvalue weighted by atomic mass is 32.2. The zero-order valence-electron chi connectivity index (χ0n) is 17.1. The van der Waals surface area contributed by atoms with E-state index >= 15 is 0 Å². The van der Waals surface area contributed by atoms with Crippen LogP contribution in [0.15, 0.2) is 51.9 Å². The van der Waals surface area contributed by atoms with Gasteiger partial charge in [0.05, 0.1) is 10.9 Å². The summed E-state index contributed by atoms with van der Waals surface area (Å²) in [5, 5.41) is 4.10.